The van der Waals surface area contributed by atoms with Crippen LogP contribution in [0.3, 0.4) is 0 Å². The molecule has 2 aromatic carbocycles. The van der Waals surface area contributed by atoms with E-state index in [0.717, 1.165) is 16.1 Å². The Morgan fingerprint density at radius 2 is 1.92 bits per heavy atom. The zero-order valence-corrected chi connectivity index (χ0v) is 14.8. The predicted molar refractivity (Wildman–Crippen MR) is 97.3 cm³/mol. The monoisotopic (exact) mass is 340 g/mol. The van der Waals surface area contributed by atoms with E-state index in [1.54, 1.807) is 18.0 Å². The third kappa shape index (κ3) is 3.17. The molecular formula is C19H20N2O2S. The van der Waals surface area contributed by atoms with Gasteiger partial charge in [0.1, 0.15) is 0 Å². The molecule has 3 rings (SSSR count). The molecule has 0 bridgehead atoms. The first-order valence-corrected chi connectivity index (χ1v) is 8.79. The number of thioether (sulfide) groups is 1. The van der Waals surface area contributed by atoms with Gasteiger partial charge in [0.15, 0.2) is 0 Å². The number of amides is 2. The summed E-state index contributed by atoms with van der Waals surface area (Å²) in [5.74, 6) is -0.0878. The van der Waals surface area contributed by atoms with Crippen LogP contribution in [0.15, 0.2) is 53.4 Å². The number of fused-ring (bicyclic) bond motifs is 1. The quantitative estimate of drug-likeness (QED) is 0.920. The van der Waals surface area contributed by atoms with E-state index in [4.69, 9.17) is 0 Å². The molecule has 0 saturated heterocycles. The highest BCUT2D eigenvalue weighted by atomic mass is 32.2. The number of rotatable bonds is 3. The van der Waals surface area contributed by atoms with Crippen LogP contribution in [0.25, 0.3) is 0 Å². The molecule has 1 N–H and O–H groups in total. The van der Waals surface area contributed by atoms with E-state index in [0.29, 0.717) is 5.56 Å². The molecule has 1 heterocycles. The van der Waals surface area contributed by atoms with E-state index >= 15 is 0 Å². The molecule has 124 valence electrons. The van der Waals surface area contributed by atoms with Crippen molar-refractivity contribution in [3.8, 4) is 0 Å². The summed E-state index contributed by atoms with van der Waals surface area (Å²) in [5.41, 5.74) is 2.38. The van der Waals surface area contributed by atoms with Crippen molar-refractivity contribution in [3.63, 3.8) is 0 Å². The predicted octanol–water partition coefficient (Wildman–Crippen LogP) is 3.95. The second kappa shape index (κ2) is 6.69. The van der Waals surface area contributed by atoms with Crippen molar-refractivity contribution in [2.45, 2.75) is 30.0 Å². The molecule has 1 aliphatic rings. The zero-order chi connectivity index (χ0) is 17.3. The van der Waals surface area contributed by atoms with Crippen LogP contribution >= 0.6 is 11.8 Å². The fourth-order valence-electron chi connectivity index (χ4n) is 2.68. The summed E-state index contributed by atoms with van der Waals surface area (Å²) >= 11 is 1.51. The van der Waals surface area contributed by atoms with Crippen LogP contribution < -0.4 is 5.32 Å². The first-order chi connectivity index (χ1) is 11.5. The summed E-state index contributed by atoms with van der Waals surface area (Å²) in [6, 6.07) is 15.4. The Labute approximate surface area is 146 Å². The Bertz CT molecular complexity index is 776. The molecule has 0 aromatic heterocycles. The highest BCUT2D eigenvalue weighted by Crippen LogP contribution is 2.36. The van der Waals surface area contributed by atoms with Gasteiger partial charge in [-0.15, -0.1) is 11.8 Å². The van der Waals surface area contributed by atoms with Gasteiger partial charge < -0.3 is 10.2 Å². The van der Waals surface area contributed by atoms with Crippen molar-refractivity contribution >= 4 is 29.3 Å². The number of nitrogens with one attached hydrogen (secondary N) is 1. The van der Waals surface area contributed by atoms with Crippen LogP contribution in [-0.4, -0.2) is 29.0 Å². The molecule has 0 spiro atoms. The van der Waals surface area contributed by atoms with Gasteiger partial charge in [-0.3, -0.25) is 9.59 Å². The zero-order valence-electron chi connectivity index (χ0n) is 13.9. The molecule has 1 aliphatic heterocycles. The van der Waals surface area contributed by atoms with Gasteiger partial charge in [-0.05, 0) is 37.6 Å². The van der Waals surface area contributed by atoms with Crippen molar-refractivity contribution < 1.29 is 9.59 Å². The summed E-state index contributed by atoms with van der Waals surface area (Å²) in [4.78, 5) is 27.4. The van der Waals surface area contributed by atoms with Crippen molar-refractivity contribution in [1.29, 1.82) is 0 Å². The second-order valence-corrected chi connectivity index (χ2v) is 7.35. The lowest BCUT2D eigenvalue weighted by atomic mass is 10.1. The third-order valence-electron chi connectivity index (χ3n) is 4.34. The molecule has 0 fully saturated rings. The normalized spacial score (nSPS) is 17.6. The maximum absolute atomic E-state index is 12.8. The van der Waals surface area contributed by atoms with Crippen LogP contribution in [0.1, 0.15) is 35.8 Å². The lowest BCUT2D eigenvalue weighted by molar-refractivity contribution is -0.115. The summed E-state index contributed by atoms with van der Waals surface area (Å²) in [5, 5.41) is 2.76. The number of nitrogens with zero attached hydrogens (tertiary/aromatic N) is 1. The fraction of sp³-hybridized carbons (Fsp3) is 0.263. The van der Waals surface area contributed by atoms with Crippen molar-refractivity contribution in [1.82, 2.24) is 4.90 Å². The largest absolute Gasteiger partial charge is 0.335 e. The van der Waals surface area contributed by atoms with E-state index in [-0.39, 0.29) is 23.1 Å². The maximum atomic E-state index is 12.8. The SMILES string of the molecule is CC1Sc2ccc(C(=O)N(C)C(C)c3ccccc3)cc2NC1=O. The van der Waals surface area contributed by atoms with E-state index in [9.17, 15) is 9.59 Å². The van der Waals surface area contributed by atoms with E-state index < -0.39 is 0 Å². The molecule has 2 amide bonds. The number of hydrogen-bond acceptors (Lipinski definition) is 3. The number of hydrogen-bond donors (Lipinski definition) is 1. The van der Waals surface area contributed by atoms with Gasteiger partial charge in [-0.25, -0.2) is 0 Å². The summed E-state index contributed by atoms with van der Waals surface area (Å²) in [6.07, 6.45) is 0. The van der Waals surface area contributed by atoms with Crippen LogP contribution in [0.2, 0.25) is 0 Å². The summed E-state index contributed by atoms with van der Waals surface area (Å²) in [7, 11) is 1.80. The van der Waals surface area contributed by atoms with Gasteiger partial charge in [-0.2, -0.15) is 0 Å². The lowest BCUT2D eigenvalue weighted by Gasteiger charge is -2.26. The summed E-state index contributed by atoms with van der Waals surface area (Å²) < 4.78 is 0. The van der Waals surface area contributed by atoms with Gasteiger partial charge in [-0.1, -0.05) is 30.3 Å². The molecule has 2 aromatic rings. The first kappa shape index (κ1) is 16.6. The number of anilines is 1. The standard InChI is InChI=1S/C19H20N2O2S/c1-12(14-7-5-4-6-8-14)21(3)19(23)15-9-10-17-16(11-15)20-18(22)13(2)24-17/h4-13H,1-3H3,(H,20,22). The minimum Gasteiger partial charge on any atom is -0.335 e. The molecule has 2 atom stereocenters. The van der Waals surface area contributed by atoms with Gasteiger partial charge in [0.2, 0.25) is 5.91 Å². The topological polar surface area (TPSA) is 49.4 Å². The van der Waals surface area contributed by atoms with Gasteiger partial charge in [0, 0.05) is 17.5 Å². The second-order valence-electron chi connectivity index (χ2n) is 5.96. The summed E-state index contributed by atoms with van der Waals surface area (Å²) in [6.45, 7) is 3.88. The maximum Gasteiger partial charge on any atom is 0.254 e. The van der Waals surface area contributed by atoms with E-state index in [2.05, 4.69) is 5.32 Å². The van der Waals surface area contributed by atoms with E-state index in [1.165, 1.54) is 11.8 Å². The van der Waals surface area contributed by atoms with Crippen LogP contribution in [-0.2, 0) is 4.79 Å². The van der Waals surface area contributed by atoms with Gasteiger partial charge >= 0.3 is 0 Å². The van der Waals surface area contributed by atoms with Gasteiger partial charge in [0.05, 0.1) is 17.0 Å². The lowest BCUT2D eigenvalue weighted by Crippen LogP contribution is -2.30. The van der Waals surface area contributed by atoms with Crippen molar-refractivity contribution in [2.75, 3.05) is 12.4 Å². The van der Waals surface area contributed by atoms with Gasteiger partial charge in [0.25, 0.3) is 5.91 Å². The third-order valence-corrected chi connectivity index (χ3v) is 5.52. The average molecular weight is 340 g/mol. The Morgan fingerprint density at radius 1 is 1.21 bits per heavy atom. The Kier molecular flexibility index (Phi) is 4.62. The molecule has 0 aliphatic carbocycles. The van der Waals surface area contributed by atoms with E-state index in [1.807, 2.05) is 56.3 Å². The van der Waals surface area contributed by atoms with Crippen LogP contribution in [0, 0.1) is 0 Å². The molecule has 0 radical (unpaired) electrons. The Morgan fingerprint density at radius 3 is 2.62 bits per heavy atom. The minimum atomic E-state index is -0.111. The Hall–Kier alpha value is -2.27. The number of carbonyl (C=O) groups excluding carboxylic acids is 2. The van der Waals surface area contributed by atoms with Crippen LogP contribution in [0.4, 0.5) is 5.69 Å². The minimum absolute atomic E-state index is 0.0249. The molecule has 24 heavy (non-hydrogen) atoms. The van der Waals surface area contributed by atoms with Crippen molar-refractivity contribution in [3.05, 3.63) is 59.7 Å². The molecule has 0 saturated carbocycles. The average Bonchev–Trinajstić information content (AvgIpc) is 2.61. The first-order valence-electron chi connectivity index (χ1n) is 7.91. The Balaban J connectivity index is 1.83. The number of carbonyl (C=O) groups is 2. The smallest absolute Gasteiger partial charge is 0.254 e. The highest BCUT2D eigenvalue weighted by molar-refractivity contribution is 8.00. The fourth-order valence-corrected chi connectivity index (χ4v) is 3.61. The van der Waals surface area contributed by atoms with Crippen molar-refractivity contribution in [2.24, 2.45) is 0 Å². The number of benzene rings is 2. The molecule has 5 heteroatoms. The highest BCUT2D eigenvalue weighted by Gasteiger charge is 2.25. The molecule has 4 nitrogen and oxygen atoms in total. The molecule has 2 unspecified atom stereocenters. The van der Waals surface area contributed by atoms with Crippen LogP contribution in [0.5, 0.6) is 0 Å². The molecular weight excluding hydrogens is 320 g/mol.